The van der Waals surface area contributed by atoms with Crippen molar-refractivity contribution in [2.24, 2.45) is 0 Å². The van der Waals surface area contributed by atoms with Gasteiger partial charge in [-0.05, 0) is 36.6 Å². The molecule has 1 saturated carbocycles. The lowest BCUT2D eigenvalue weighted by Crippen LogP contribution is -2.35. The van der Waals surface area contributed by atoms with E-state index in [4.69, 9.17) is 27.9 Å². The molecule has 1 amide bonds. The first-order valence-corrected chi connectivity index (χ1v) is 8.25. The van der Waals surface area contributed by atoms with E-state index in [9.17, 15) is 4.79 Å². The molecule has 0 heterocycles. The number of rotatable bonds is 6. The van der Waals surface area contributed by atoms with E-state index >= 15 is 0 Å². The smallest absolute Gasteiger partial charge is 0.257 e. The van der Waals surface area contributed by atoms with Gasteiger partial charge in [0.1, 0.15) is 5.75 Å². The number of carbonyl (C=O) groups is 1. The quantitative estimate of drug-likeness (QED) is 0.847. The molecule has 2 aromatic carbocycles. The van der Waals surface area contributed by atoms with Crippen molar-refractivity contribution in [3.8, 4) is 5.75 Å². The molecule has 0 spiro atoms. The fraction of sp³-hybridized carbons (Fsp3) is 0.278. The van der Waals surface area contributed by atoms with E-state index < -0.39 is 0 Å². The Morgan fingerprint density at radius 1 is 1.13 bits per heavy atom. The Balaban J connectivity index is 1.50. The molecule has 5 heteroatoms. The number of hydrogen-bond acceptors (Lipinski definition) is 2. The van der Waals surface area contributed by atoms with Crippen molar-refractivity contribution in [1.82, 2.24) is 5.32 Å². The first-order chi connectivity index (χ1) is 11.1. The number of nitrogens with one attached hydrogen (secondary N) is 1. The van der Waals surface area contributed by atoms with E-state index in [2.05, 4.69) is 17.4 Å². The summed E-state index contributed by atoms with van der Waals surface area (Å²) in [7, 11) is 0. The van der Waals surface area contributed by atoms with Crippen molar-refractivity contribution >= 4 is 29.1 Å². The van der Waals surface area contributed by atoms with Gasteiger partial charge in [-0.2, -0.15) is 0 Å². The highest BCUT2D eigenvalue weighted by molar-refractivity contribution is 6.35. The van der Waals surface area contributed by atoms with Crippen molar-refractivity contribution in [3.63, 3.8) is 0 Å². The third-order valence-electron chi connectivity index (χ3n) is 4.12. The molecular formula is C18H17Cl2NO2. The molecule has 1 aliphatic carbocycles. The van der Waals surface area contributed by atoms with Crippen molar-refractivity contribution in [3.05, 3.63) is 64.1 Å². The Kier molecular flexibility index (Phi) is 4.79. The topological polar surface area (TPSA) is 38.3 Å². The lowest BCUT2D eigenvalue weighted by atomic mass is 9.96. The van der Waals surface area contributed by atoms with Gasteiger partial charge in [-0.25, -0.2) is 0 Å². The minimum atomic E-state index is -0.154. The molecule has 0 bridgehead atoms. The molecule has 0 aromatic heterocycles. The molecule has 1 N–H and O–H groups in total. The van der Waals surface area contributed by atoms with Crippen LogP contribution in [0.5, 0.6) is 5.75 Å². The number of hydrogen-bond donors (Lipinski definition) is 1. The van der Waals surface area contributed by atoms with Crippen LogP contribution in [-0.4, -0.2) is 19.1 Å². The van der Waals surface area contributed by atoms with E-state index in [0.717, 1.165) is 12.8 Å². The average molecular weight is 350 g/mol. The lowest BCUT2D eigenvalue weighted by Gasteiger charge is -2.17. The molecule has 1 fully saturated rings. The standard InChI is InChI=1S/C18H17Cl2NO2/c19-14-6-7-16(15(20)10-14)23-11-17(22)21-12-18(8-9-18)13-4-2-1-3-5-13/h1-7,10H,8-9,11-12H2,(H,21,22). The van der Waals surface area contributed by atoms with Crippen molar-refractivity contribution in [2.45, 2.75) is 18.3 Å². The molecule has 0 saturated heterocycles. The predicted molar refractivity (Wildman–Crippen MR) is 92.3 cm³/mol. The molecule has 2 aromatic rings. The Bertz CT molecular complexity index is 699. The van der Waals surface area contributed by atoms with Gasteiger partial charge in [-0.15, -0.1) is 0 Å². The number of amides is 1. The summed E-state index contributed by atoms with van der Waals surface area (Å²) in [6, 6.07) is 15.2. The van der Waals surface area contributed by atoms with Crippen molar-refractivity contribution < 1.29 is 9.53 Å². The number of ether oxygens (including phenoxy) is 1. The summed E-state index contributed by atoms with van der Waals surface area (Å²) < 4.78 is 5.44. The van der Waals surface area contributed by atoms with Crippen LogP contribution in [0.2, 0.25) is 10.0 Å². The molecule has 0 radical (unpaired) electrons. The van der Waals surface area contributed by atoms with E-state index in [1.165, 1.54) is 5.56 Å². The maximum atomic E-state index is 12.0. The molecule has 3 rings (SSSR count). The van der Waals surface area contributed by atoms with Gasteiger partial charge in [0.15, 0.2) is 6.61 Å². The van der Waals surface area contributed by atoms with E-state index in [1.807, 2.05) is 18.2 Å². The van der Waals surface area contributed by atoms with Crippen LogP contribution in [0.4, 0.5) is 0 Å². The third-order valence-corrected chi connectivity index (χ3v) is 4.65. The van der Waals surface area contributed by atoms with Gasteiger partial charge in [-0.3, -0.25) is 4.79 Å². The van der Waals surface area contributed by atoms with Crippen LogP contribution < -0.4 is 10.1 Å². The second-order valence-corrected chi connectivity index (χ2v) is 6.63. The van der Waals surface area contributed by atoms with E-state index in [0.29, 0.717) is 22.3 Å². The minimum Gasteiger partial charge on any atom is -0.482 e. The van der Waals surface area contributed by atoms with Gasteiger partial charge in [-0.1, -0.05) is 53.5 Å². The first kappa shape index (κ1) is 16.2. The van der Waals surface area contributed by atoms with Crippen molar-refractivity contribution in [2.75, 3.05) is 13.2 Å². The number of halogens is 2. The highest BCUT2D eigenvalue weighted by Gasteiger charge is 2.44. The van der Waals surface area contributed by atoms with Crippen LogP contribution in [-0.2, 0) is 10.2 Å². The molecule has 1 aliphatic rings. The number of benzene rings is 2. The third kappa shape index (κ3) is 3.98. The second kappa shape index (κ2) is 6.81. The lowest BCUT2D eigenvalue weighted by molar-refractivity contribution is -0.123. The zero-order chi connectivity index (χ0) is 16.3. The van der Waals surface area contributed by atoms with Gasteiger partial charge >= 0.3 is 0 Å². The molecular weight excluding hydrogens is 333 g/mol. The van der Waals surface area contributed by atoms with Crippen LogP contribution in [0.3, 0.4) is 0 Å². The summed E-state index contributed by atoms with van der Waals surface area (Å²) in [5.41, 5.74) is 1.37. The summed E-state index contributed by atoms with van der Waals surface area (Å²) in [4.78, 5) is 12.0. The van der Waals surface area contributed by atoms with Crippen LogP contribution >= 0.6 is 23.2 Å². The van der Waals surface area contributed by atoms with Gasteiger partial charge < -0.3 is 10.1 Å². The molecule has 120 valence electrons. The van der Waals surface area contributed by atoms with Crippen LogP contribution in [0, 0.1) is 0 Å². The SMILES string of the molecule is O=C(COc1ccc(Cl)cc1Cl)NCC1(c2ccccc2)CC1. The summed E-state index contributed by atoms with van der Waals surface area (Å²) in [6.45, 7) is 0.569. The van der Waals surface area contributed by atoms with Gasteiger partial charge in [0.2, 0.25) is 0 Å². The minimum absolute atomic E-state index is 0.0633. The summed E-state index contributed by atoms with van der Waals surface area (Å²) >= 11 is 11.8. The fourth-order valence-electron chi connectivity index (χ4n) is 2.56. The molecule has 0 aliphatic heterocycles. The highest BCUT2D eigenvalue weighted by Crippen LogP contribution is 2.47. The molecule has 0 atom stereocenters. The Morgan fingerprint density at radius 2 is 1.87 bits per heavy atom. The second-order valence-electron chi connectivity index (χ2n) is 5.79. The average Bonchev–Trinajstić information content (AvgIpc) is 3.34. The number of carbonyl (C=O) groups excluding carboxylic acids is 1. The maximum absolute atomic E-state index is 12.0. The summed E-state index contributed by atoms with van der Waals surface area (Å²) in [5.74, 6) is 0.300. The molecule has 0 unspecified atom stereocenters. The van der Waals surface area contributed by atoms with Crippen LogP contribution in [0.25, 0.3) is 0 Å². The Morgan fingerprint density at radius 3 is 2.52 bits per heavy atom. The zero-order valence-electron chi connectivity index (χ0n) is 12.5. The normalized spacial score (nSPS) is 15.0. The predicted octanol–water partition coefficient (Wildman–Crippen LogP) is 4.22. The molecule has 23 heavy (non-hydrogen) atoms. The first-order valence-electron chi connectivity index (χ1n) is 7.49. The van der Waals surface area contributed by atoms with Gasteiger partial charge in [0.25, 0.3) is 5.91 Å². The van der Waals surface area contributed by atoms with E-state index in [-0.39, 0.29) is 17.9 Å². The van der Waals surface area contributed by atoms with E-state index in [1.54, 1.807) is 18.2 Å². The fourth-order valence-corrected chi connectivity index (χ4v) is 3.03. The Hall–Kier alpha value is -1.71. The van der Waals surface area contributed by atoms with Gasteiger partial charge in [0.05, 0.1) is 5.02 Å². The zero-order valence-corrected chi connectivity index (χ0v) is 14.0. The Labute approximate surface area is 145 Å². The maximum Gasteiger partial charge on any atom is 0.257 e. The largest absolute Gasteiger partial charge is 0.482 e. The van der Waals surface area contributed by atoms with Gasteiger partial charge in [0, 0.05) is 17.0 Å². The summed E-state index contributed by atoms with van der Waals surface area (Å²) in [6.07, 6.45) is 2.20. The van der Waals surface area contributed by atoms with Crippen LogP contribution in [0.1, 0.15) is 18.4 Å². The highest BCUT2D eigenvalue weighted by atomic mass is 35.5. The molecule has 3 nitrogen and oxygen atoms in total. The summed E-state index contributed by atoms with van der Waals surface area (Å²) in [5, 5.41) is 3.88. The van der Waals surface area contributed by atoms with Crippen LogP contribution in [0.15, 0.2) is 48.5 Å². The van der Waals surface area contributed by atoms with Crippen molar-refractivity contribution in [1.29, 1.82) is 0 Å². The monoisotopic (exact) mass is 349 g/mol.